The third-order valence-electron chi connectivity index (χ3n) is 5.51. The van der Waals surface area contributed by atoms with Crippen LogP contribution in [0.3, 0.4) is 0 Å². The number of aromatic amines is 1. The molecule has 0 radical (unpaired) electrons. The standard InChI is InChI=1S/C19H15N5O.CH2O2/c1-2-16-13(5-11(1)18-24-23-10-25-18)14(8-20-16)12-6-15-17(21-7-12)22-9-19(15)3-4-19;2-1-3/h1-2,5-8,10,20H,3-4,9H2,(H,21,22);1H,(H,2,3). The molecule has 1 aliphatic heterocycles. The fraction of sp³-hybridized carbons (Fsp3) is 0.200. The quantitative estimate of drug-likeness (QED) is 0.459. The average molecular weight is 375 g/mol. The number of carboxylic acid groups (broad SMARTS) is 1. The molecule has 2 aliphatic rings. The highest BCUT2D eigenvalue weighted by Gasteiger charge is 2.49. The van der Waals surface area contributed by atoms with Crippen LogP contribution in [0.2, 0.25) is 0 Å². The second-order valence-corrected chi connectivity index (χ2v) is 7.07. The van der Waals surface area contributed by atoms with Crippen LogP contribution in [0.5, 0.6) is 0 Å². The van der Waals surface area contributed by atoms with Crippen molar-refractivity contribution in [2.45, 2.75) is 18.3 Å². The maximum Gasteiger partial charge on any atom is 0.290 e. The maximum absolute atomic E-state index is 8.36. The Balaban J connectivity index is 0.000000538. The highest BCUT2D eigenvalue weighted by molar-refractivity contribution is 5.97. The number of nitrogens with one attached hydrogen (secondary N) is 2. The molecule has 8 nitrogen and oxygen atoms in total. The lowest BCUT2D eigenvalue weighted by molar-refractivity contribution is -0.122. The Labute approximate surface area is 159 Å². The van der Waals surface area contributed by atoms with Crippen molar-refractivity contribution in [3.63, 3.8) is 0 Å². The summed E-state index contributed by atoms with van der Waals surface area (Å²) in [7, 11) is 0. The number of hydrogen-bond donors (Lipinski definition) is 3. The number of H-pyrrole nitrogens is 1. The zero-order valence-corrected chi connectivity index (χ0v) is 14.8. The maximum atomic E-state index is 8.36. The summed E-state index contributed by atoms with van der Waals surface area (Å²) in [4.78, 5) is 16.4. The number of fused-ring (bicyclic) bond motifs is 3. The molecule has 1 spiro atoms. The van der Waals surface area contributed by atoms with Gasteiger partial charge in [0.05, 0.1) is 0 Å². The van der Waals surface area contributed by atoms with E-state index in [0.29, 0.717) is 11.3 Å². The van der Waals surface area contributed by atoms with Gasteiger partial charge in [-0.3, -0.25) is 4.79 Å². The summed E-state index contributed by atoms with van der Waals surface area (Å²) in [6.45, 7) is 0.772. The van der Waals surface area contributed by atoms with Crippen molar-refractivity contribution in [3.8, 4) is 22.6 Å². The first kappa shape index (κ1) is 16.5. The highest BCUT2D eigenvalue weighted by Crippen LogP contribution is 2.54. The molecule has 0 saturated heterocycles. The lowest BCUT2D eigenvalue weighted by Gasteiger charge is -2.07. The second kappa shape index (κ2) is 6.19. The molecule has 8 heteroatoms. The third kappa shape index (κ3) is 2.53. The highest BCUT2D eigenvalue weighted by atomic mass is 16.4. The van der Waals surface area contributed by atoms with Crippen LogP contribution in [0.1, 0.15) is 18.4 Å². The lowest BCUT2D eigenvalue weighted by atomic mass is 9.96. The minimum Gasteiger partial charge on any atom is -0.483 e. The van der Waals surface area contributed by atoms with E-state index in [4.69, 9.17) is 14.3 Å². The predicted octanol–water partition coefficient (Wildman–Crippen LogP) is 3.44. The first-order valence-corrected chi connectivity index (χ1v) is 8.94. The van der Waals surface area contributed by atoms with E-state index in [-0.39, 0.29) is 6.47 Å². The van der Waals surface area contributed by atoms with Gasteiger partial charge in [-0.05, 0) is 37.1 Å². The van der Waals surface area contributed by atoms with Gasteiger partial charge in [0, 0.05) is 57.5 Å². The largest absolute Gasteiger partial charge is 0.483 e. The molecule has 140 valence electrons. The van der Waals surface area contributed by atoms with Crippen molar-refractivity contribution >= 4 is 23.2 Å². The summed E-state index contributed by atoms with van der Waals surface area (Å²) in [5, 5.41) is 19.2. The van der Waals surface area contributed by atoms with Crippen molar-refractivity contribution in [3.05, 3.63) is 48.6 Å². The van der Waals surface area contributed by atoms with Gasteiger partial charge in [0.2, 0.25) is 12.3 Å². The molecule has 1 saturated carbocycles. The summed E-state index contributed by atoms with van der Waals surface area (Å²) in [5.41, 5.74) is 5.99. The molecule has 1 fully saturated rings. The van der Waals surface area contributed by atoms with E-state index in [1.165, 1.54) is 24.8 Å². The molecule has 4 heterocycles. The van der Waals surface area contributed by atoms with E-state index in [9.17, 15) is 0 Å². The Morgan fingerprint density at radius 1 is 1.21 bits per heavy atom. The number of benzene rings is 1. The molecular formula is C20H17N5O3. The van der Waals surface area contributed by atoms with E-state index < -0.39 is 0 Å². The van der Waals surface area contributed by atoms with Crippen molar-refractivity contribution in [2.24, 2.45) is 0 Å². The molecule has 3 aromatic heterocycles. The minimum atomic E-state index is -0.250. The summed E-state index contributed by atoms with van der Waals surface area (Å²) in [6.07, 6.45) is 7.87. The molecular weight excluding hydrogens is 358 g/mol. The normalized spacial score (nSPS) is 15.6. The fourth-order valence-electron chi connectivity index (χ4n) is 3.89. The predicted molar refractivity (Wildman–Crippen MR) is 103 cm³/mol. The van der Waals surface area contributed by atoms with Crippen LogP contribution >= 0.6 is 0 Å². The van der Waals surface area contributed by atoms with Crippen LogP contribution in [-0.4, -0.2) is 38.3 Å². The summed E-state index contributed by atoms with van der Waals surface area (Å²) in [6, 6.07) is 8.42. The van der Waals surface area contributed by atoms with Crippen LogP contribution in [0.15, 0.2) is 47.5 Å². The van der Waals surface area contributed by atoms with Crippen molar-refractivity contribution in [2.75, 3.05) is 11.9 Å². The number of nitrogens with zero attached hydrogens (tertiary/aromatic N) is 3. The molecule has 0 amide bonds. The second-order valence-electron chi connectivity index (χ2n) is 7.07. The first-order valence-electron chi connectivity index (χ1n) is 8.94. The summed E-state index contributed by atoms with van der Waals surface area (Å²) >= 11 is 0. The van der Waals surface area contributed by atoms with Crippen LogP contribution in [0.4, 0.5) is 5.82 Å². The average Bonchev–Trinajstić information content (AvgIpc) is 3.06. The summed E-state index contributed by atoms with van der Waals surface area (Å²) < 4.78 is 5.33. The minimum absolute atomic E-state index is 0.250. The molecule has 3 N–H and O–H groups in total. The zero-order valence-electron chi connectivity index (χ0n) is 14.8. The number of rotatable bonds is 2. The van der Waals surface area contributed by atoms with Crippen LogP contribution in [-0.2, 0) is 10.2 Å². The van der Waals surface area contributed by atoms with Gasteiger partial charge in [-0.2, -0.15) is 0 Å². The number of anilines is 1. The van der Waals surface area contributed by atoms with Gasteiger partial charge in [-0.1, -0.05) is 0 Å². The van der Waals surface area contributed by atoms with E-state index in [1.807, 2.05) is 24.5 Å². The molecule has 4 aromatic rings. The lowest BCUT2D eigenvalue weighted by Crippen LogP contribution is -2.08. The Morgan fingerprint density at radius 2 is 2.07 bits per heavy atom. The monoisotopic (exact) mass is 375 g/mol. The number of hydrogen-bond acceptors (Lipinski definition) is 6. The molecule has 28 heavy (non-hydrogen) atoms. The fourth-order valence-corrected chi connectivity index (χ4v) is 3.89. The Hall–Kier alpha value is -3.68. The first-order chi connectivity index (χ1) is 13.7. The van der Waals surface area contributed by atoms with Gasteiger partial charge >= 0.3 is 0 Å². The van der Waals surface area contributed by atoms with Crippen molar-refractivity contribution in [1.29, 1.82) is 0 Å². The van der Waals surface area contributed by atoms with Gasteiger partial charge in [-0.25, -0.2) is 4.98 Å². The third-order valence-corrected chi connectivity index (χ3v) is 5.51. The number of aromatic nitrogens is 4. The van der Waals surface area contributed by atoms with Gasteiger partial charge < -0.3 is 19.8 Å². The van der Waals surface area contributed by atoms with E-state index in [0.717, 1.165) is 40.0 Å². The van der Waals surface area contributed by atoms with Gasteiger partial charge in [0.25, 0.3) is 6.47 Å². The van der Waals surface area contributed by atoms with Crippen molar-refractivity contribution in [1.82, 2.24) is 20.2 Å². The Bertz CT molecular complexity index is 1160. The van der Waals surface area contributed by atoms with Gasteiger partial charge in [-0.15, -0.1) is 10.2 Å². The van der Waals surface area contributed by atoms with Crippen molar-refractivity contribution < 1.29 is 14.3 Å². The van der Waals surface area contributed by atoms with Crippen LogP contribution in [0.25, 0.3) is 33.5 Å². The number of pyridine rings is 1. The van der Waals surface area contributed by atoms with Gasteiger partial charge in [0.1, 0.15) is 5.82 Å². The Morgan fingerprint density at radius 3 is 2.82 bits per heavy atom. The SMILES string of the molecule is O=CO.c1nnc(-c2ccc3[nH]cc(-c4cnc5c(c4)C4(CC4)CN5)c3c2)o1. The molecule has 0 bridgehead atoms. The summed E-state index contributed by atoms with van der Waals surface area (Å²) in [5.74, 6) is 1.58. The molecule has 1 aliphatic carbocycles. The van der Waals surface area contributed by atoms with Gasteiger partial charge in [0.15, 0.2) is 0 Å². The number of carbonyl (C=O) groups is 1. The molecule has 6 rings (SSSR count). The van der Waals surface area contributed by atoms with Crippen LogP contribution < -0.4 is 5.32 Å². The van der Waals surface area contributed by atoms with Crippen LogP contribution in [0, 0.1) is 0 Å². The van der Waals surface area contributed by atoms with E-state index in [2.05, 4.69) is 37.6 Å². The Kier molecular flexibility index (Phi) is 3.65. The molecule has 0 atom stereocenters. The zero-order chi connectivity index (χ0) is 19.1. The molecule has 1 aromatic carbocycles. The van der Waals surface area contributed by atoms with E-state index in [1.54, 1.807) is 0 Å². The smallest absolute Gasteiger partial charge is 0.290 e. The molecule has 0 unspecified atom stereocenters. The van der Waals surface area contributed by atoms with E-state index >= 15 is 0 Å². The topological polar surface area (TPSA) is 117 Å².